The second kappa shape index (κ2) is 9.45. The molecule has 2 amide bonds. The zero-order chi connectivity index (χ0) is 22.8. The summed E-state index contributed by atoms with van der Waals surface area (Å²) in [6.07, 6.45) is 0.725. The molecular weight excluding hydrogens is 450 g/mol. The molecule has 1 atom stereocenters. The van der Waals surface area contributed by atoms with Gasteiger partial charge in [-0.15, -0.1) is 0 Å². The molecule has 1 aliphatic rings. The second-order valence-corrected chi connectivity index (χ2v) is 9.90. The molecule has 5 nitrogen and oxygen atoms in total. The molecule has 1 unspecified atom stereocenters. The molecule has 2 aromatic heterocycles. The molecule has 1 N–H and O–H groups in total. The molecule has 0 fully saturated rings. The Bertz CT molecular complexity index is 1280. The summed E-state index contributed by atoms with van der Waals surface area (Å²) in [7, 11) is 2.01. The van der Waals surface area contributed by atoms with Gasteiger partial charge in [0, 0.05) is 36.6 Å². The number of benzene rings is 2. The number of thioether (sulfide) groups is 1. The predicted octanol–water partition coefficient (Wildman–Crippen LogP) is 4.77. The van der Waals surface area contributed by atoms with Crippen molar-refractivity contribution in [1.29, 1.82) is 0 Å². The van der Waals surface area contributed by atoms with Crippen molar-refractivity contribution in [2.45, 2.75) is 24.0 Å². The molecule has 4 aromatic rings. The van der Waals surface area contributed by atoms with E-state index in [4.69, 9.17) is 0 Å². The fraction of sp³-hybridized carbons (Fsp3) is 0.231. The number of amides is 2. The summed E-state index contributed by atoms with van der Waals surface area (Å²) in [6.45, 7) is 0.929. The van der Waals surface area contributed by atoms with E-state index in [9.17, 15) is 9.59 Å². The Morgan fingerprint density at radius 2 is 1.85 bits per heavy atom. The maximum absolute atomic E-state index is 13.7. The molecule has 5 rings (SSSR count). The van der Waals surface area contributed by atoms with Crippen molar-refractivity contribution in [1.82, 2.24) is 14.8 Å². The van der Waals surface area contributed by atoms with Gasteiger partial charge in [0.15, 0.2) is 0 Å². The first kappa shape index (κ1) is 21.8. The summed E-state index contributed by atoms with van der Waals surface area (Å²) in [5.41, 5.74) is 4.22. The third-order valence-electron chi connectivity index (χ3n) is 6.11. The quantitative estimate of drug-likeness (QED) is 0.437. The number of nitrogens with one attached hydrogen (secondary N) is 1. The molecule has 0 saturated carbocycles. The van der Waals surface area contributed by atoms with Crippen LogP contribution in [0.25, 0.3) is 10.9 Å². The van der Waals surface area contributed by atoms with E-state index >= 15 is 0 Å². The normalized spacial score (nSPS) is 16.0. The molecule has 0 radical (unpaired) electrons. The molecule has 168 valence electrons. The Hall–Kier alpha value is -3.03. The van der Waals surface area contributed by atoms with Crippen LogP contribution in [0, 0.1) is 0 Å². The van der Waals surface area contributed by atoms with Gasteiger partial charge in [0.2, 0.25) is 11.8 Å². The van der Waals surface area contributed by atoms with Gasteiger partial charge in [-0.3, -0.25) is 9.59 Å². The van der Waals surface area contributed by atoms with Crippen LogP contribution in [0.15, 0.2) is 76.4 Å². The van der Waals surface area contributed by atoms with Crippen molar-refractivity contribution in [3.63, 3.8) is 0 Å². The van der Waals surface area contributed by atoms with Crippen molar-refractivity contribution in [3.05, 3.63) is 88.1 Å². The molecular formula is C26H25N3O2S2. The molecule has 0 saturated heterocycles. The van der Waals surface area contributed by atoms with Crippen molar-refractivity contribution in [2.24, 2.45) is 7.05 Å². The second-order valence-electron chi connectivity index (χ2n) is 8.16. The SMILES string of the molecule is Cn1c2c(c3ccccc31)C(C(=O)NCc1ccccc1)N(CCc1ccsc1)C(=O)CS2. The number of fused-ring (bicyclic) bond motifs is 3. The predicted molar refractivity (Wildman–Crippen MR) is 134 cm³/mol. The number of hydrogen-bond acceptors (Lipinski definition) is 4. The fourth-order valence-electron chi connectivity index (χ4n) is 4.44. The molecule has 0 spiro atoms. The van der Waals surface area contributed by atoms with Gasteiger partial charge in [-0.1, -0.05) is 60.3 Å². The van der Waals surface area contributed by atoms with Gasteiger partial charge in [0.1, 0.15) is 6.04 Å². The van der Waals surface area contributed by atoms with Crippen molar-refractivity contribution in [2.75, 3.05) is 12.3 Å². The number of hydrogen-bond donors (Lipinski definition) is 1. The number of para-hydroxylation sites is 1. The number of carbonyl (C=O) groups is 2. The summed E-state index contributed by atoms with van der Waals surface area (Å²) in [5.74, 6) is 0.177. The van der Waals surface area contributed by atoms with Crippen LogP contribution in [0.3, 0.4) is 0 Å². The minimum Gasteiger partial charge on any atom is -0.350 e. The summed E-state index contributed by atoms with van der Waals surface area (Å²) in [4.78, 5) is 28.8. The minimum atomic E-state index is -0.670. The fourth-order valence-corrected chi connectivity index (χ4v) is 6.24. The van der Waals surface area contributed by atoms with Crippen LogP contribution >= 0.6 is 23.1 Å². The van der Waals surface area contributed by atoms with Crippen molar-refractivity contribution < 1.29 is 9.59 Å². The third-order valence-corrected chi connectivity index (χ3v) is 8.00. The molecule has 3 heterocycles. The van der Waals surface area contributed by atoms with Crippen LogP contribution in [-0.4, -0.2) is 33.6 Å². The number of aromatic nitrogens is 1. The number of thiophene rings is 1. The minimum absolute atomic E-state index is 0.00429. The number of rotatable bonds is 6. The first-order chi connectivity index (χ1) is 16.1. The van der Waals surface area contributed by atoms with Gasteiger partial charge in [0.25, 0.3) is 0 Å². The van der Waals surface area contributed by atoms with Gasteiger partial charge >= 0.3 is 0 Å². The largest absolute Gasteiger partial charge is 0.350 e. The Morgan fingerprint density at radius 3 is 2.64 bits per heavy atom. The van der Waals surface area contributed by atoms with Crippen LogP contribution in [0.4, 0.5) is 0 Å². The van der Waals surface area contributed by atoms with Crippen LogP contribution in [0.1, 0.15) is 22.7 Å². The van der Waals surface area contributed by atoms with Gasteiger partial charge < -0.3 is 14.8 Å². The zero-order valence-corrected chi connectivity index (χ0v) is 20.0. The Kier molecular flexibility index (Phi) is 6.24. The Labute approximate surface area is 201 Å². The van der Waals surface area contributed by atoms with Gasteiger partial charge in [-0.05, 0) is 40.4 Å². The molecule has 7 heteroatoms. The van der Waals surface area contributed by atoms with E-state index in [0.717, 1.165) is 33.5 Å². The summed E-state index contributed by atoms with van der Waals surface area (Å²) >= 11 is 3.17. The first-order valence-electron chi connectivity index (χ1n) is 11.0. The van der Waals surface area contributed by atoms with Gasteiger partial charge in [-0.2, -0.15) is 11.3 Å². The van der Waals surface area contributed by atoms with E-state index < -0.39 is 6.04 Å². The van der Waals surface area contributed by atoms with E-state index in [1.165, 1.54) is 17.3 Å². The number of nitrogens with zero attached hydrogens (tertiary/aromatic N) is 2. The number of carbonyl (C=O) groups excluding carboxylic acids is 2. The van der Waals surface area contributed by atoms with E-state index in [-0.39, 0.29) is 11.8 Å². The van der Waals surface area contributed by atoms with E-state index in [2.05, 4.69) is 33.5 Å². The Balaban J connectivity index is 1.54. The molecule has 33 heavy (non-hydrogen) atoms. The van der Waals surface area contributed by atoms with E-state index in [0.29, 0.717) is 18.8 Å². The van der Waals surface area contributed by atoms with E-state index in [1.807, 2.05) is 54.9 Å². The van der Waals surface area contributed by atoms with Crippen molar-refractivity contribution in [3.8, 4) is 0 Å². The molecule has 2 aromatic carbocycles. The maximum atomic E-state index is 13.7. The highest BCUT2D eigenvalue weighted by Gasteiger charge is 2.38. The van der Waals surface area contributed by atoms with Crippen LogP contribution in [0.2, 0.25) is 0 Å². The van der Waals surface area contributed by atoms with Gasteiger partial charge in [0.05, 0.1) is 10.8 Å². The van der Waals surface area contributed by atoms with Gasteiger partial charge in [-0.25, -0.2) is 0 Å². The number of aryl methyl sites for hydroxylation is 1. The average Bonchev–Trinajstić information content (AvgIpc) is 3.42. The highest BCUT2D eigenvalue weighted by atomic mass is 32.2. The third kappa shape index (κ3) is 4.30. The first-order valence-corrected chi connectivity index (χ1v) is 12.9. The lowest BCUT2D eigenvalue weighted by Crippen LogP contribution is -2.44. The Morgan fingerprint density at radius 1 is 1.06 bits per heavy atom. The maximum Gasteiger partial charge on any atom is 0.247 e. The standard InChI is InChI=1S/C26H25N3O2S2/c1-28-21-10-6-5-9-20(21)23-24(25(31)27-15-18-7-3-2-4-8-18)29(22(30)17-33-26(23)28)13-11-19-12-14-32-16-19/h2-10,12,14,16,24H,11,13,15,17H2,1H3,(H,27,31). The lowest BCUT2D eigenvalue weighted by atomic mass is 10.0. The topological polar surface area (TPSA) is 54.3 Å². The monoisotopic (exact) mass is 475 g/mol. The highest BCUT2D eigenvalue weighted by molar-refractivity contribution is 8.00. The lowest BCUT2D eigenvalue weighted by molar-refractivity contribution is -0.138. The lowest BCUT2D eigenvalue weighted by Gasteiger charge is -2.30. The molecule has 0 bridgehead atoms. The average molecular weight is 476 g/mol. The highest BCUT2D eigenvalue weighted by Crippen LogP contribution is 2.41. The van der Waals surface area contributed by atoms with Crippen molar-refractivity contribution >= 4 is 45.8 Å². The molecule has 1 aliphatic heterocycles. The molecule has 0 aliphatic carbocycles. The summed E-state index contributed by atoms with van der Waals surface area (Å²) in [6, 6.07) is 19.4. The van der Waals surface area contributed by atoms with Crippen LogP contribution in [-0.2, 0) is 29.6 Å². The smallest absolute Gasteiger partial charge is 0.247 e. The zero-order valence-electron chi connectivity index (χ0n) is 18.4. The summed E-state index contributed by atoms with van der Waals surface area (Å²) < 4.78 is 2.11. The van der Waals surface area contributed by atoms with E-state index in [1.54, 1.807) is 16.2 Å². The van der Waals surface area contributed by atoms with Crippen LogP contribution < -0.4 is 5.32 Å². The van der Waals surface area contributed by atoms with Crippen LogP contribution in [0.5, 0.6) is 0 Å². The summed E-state index contributed by atoms with van der Waals surface area (Å²) in [5, 5.41) is 9.27.